The monoisotopic (exact) mass is 346 g/mol. The van der Waals surface area contributed by atoms with Gasteiger partial charge in [0.2, 0.25) is 0 Å². The predicted molar refractivity (Wildman–Crippen MR) is 73.2 cm³/mol. The van der Waals surface area contributed by atoms with E-state index in [-0.39, 0.29) is 23.8 Å². The van der Waals surface area contributed by atoms with E-state index in [1.807, 2.05) is 0 Å². The number of rotatable bonds is 3. The second kappa shape index (κ2) is 4.72. The summed E-state index contributed by atoms with van der Waals surface area (Å²) in [4.78, 5) is 40.7. The van der Waals surface area contributed by atoms with E-state index >= 15 is 0 Å². The number of carbonyl (C=O) groups excluding carboxylic acids is 3. The Hall–Kier alpha value is -2.05. The van der Waals surface area contributed by atoms with Crippen molar-refractivity contribution in [3.63, 3.8) is 0 Å². The van der Waals surface area contributed by atoms with Gasteiger partial charge in [-0.1, -0.05) is 0 Å². The summed E-state index contributed by atoms with van der Waals surface area (Å²) in [7, 11) is -4.65. The standard InChI is InChI=1S/C10H10N4O6S2/c11-10-12-4(3-21-10)7(15)9(17)13-2-1-5-6(13)8(16)14(5)22(18,19)20/h3,5-6H,1-2H2,(H2,11,12)(H,18,19,20)/t5-,6+/m1/s1. The second-order valence-corrected chi connectivity index (χ2v) is 6.99. The van der Waals surface area contributed by atoms with Gasteiger partial charge in [-0.2, -0.15) is 8.42 Å². The van der Waals surface area contributed by atoms with E-state index in [0.29, 0.717) is 4.31 Å². The number of Topliss-reactive ketones (excluding diaryl/α,β-unsaturated/α-hetero) is 1. The Balaban J connectivity index is 1.79. The lowest BCUT2D eigenvalue weighted by atomic mass is 10.00. The number of aromatic nitrogens is 1. The van der Waals surface area contributed by atoms with Crippen LogP contribution in [0.25, 0.3) is 0 Å². The molecule has 2 atom stereocenters. The van der Waals surface area contributed by atoms with Gasteiger partial charge in [0, 0.05) is 11.9 Å². The molecular weight excluding hydrogens is 336 g/mol. The van der Waals surface area contributed by atoms with Crippen LogP contribution in [-0.2, 0) is 19.9 Å². The van der Waals surface area contributed by atoms with Crippen molar-refractivity contribution in [2.45, 2.75) is 18.5 Å². The fraction of sp³-hybridized carbons (Fsp3) is 0.400. The van der Waals surface area contributed by atoms with Crippen molar-refractivity contribution < 1.29 is 27.4 Å². The molecule has 3 N–H and O–H groups in total. The number of hydrogen-bond donors (Lipinski definition) is 2. The van der Waals surface area contributed by atoms with Crippen molar-refractivity contribution in [3.8, 4) is 0 Å². The van der Waals surface area contributed by atoms with Crippen molar-refractivity contribution in [1.82, 2.24) is 14.2 Å². The highest BCUT2D eigenvalue weighted by molar-refractivity contribution is 7.84. The lowest BCUT2D eigenvalue weighted by Crippen LogP contribution is -2.68. The van der Waals surface area contributed by atoms with Gasteiger partial charge in [0.25, 0.3) is 17.6 Å². The number of anilines is 1. The number of thiazole rings is 1. The van der Waals surface area contributed by atoms with E-state index in [1.165, 1.54) is 5.38 Å². The number of nitrogen functional groups attached to an aromatic ring is 1. The number of carbonyl (C=O) groups is 3. The van der Waals surface area contributed by atoms with Gasteiger partial charge >= 0.3 is 10.3 Å². The fourth-order valence-electron chi connectivity index (χ4n) is 2.68. The first-order valence-corrected chi connectivity index (χ1v) is 8.36. The second-order valence-electron chi connectivity index (χ2n) is 4.81. The third-order valence-corrected chi connectivity index (χ3v) is 5.22. The van der Waals surface area contributed by atoms with Crippen molar-refractivity contribution in [3.05, 3.63) is 11.1 Å². The Morgan fingerprint density at radius 3 is 2.68 bits per heavy atom. The third kappa shape index (κ3) is 2.07. The quantitative estimate of drug-likeness (QED) is 0.291. The van der Waals surface area contributed by atoms with Crippen LogP contribution in [0.5, 0.6) is 0 Å². The molecule has 0 aromatic carbocycles. The zero-order valence-electron chi connectivity index (χ0n) is 10.9. The largest absolute Gasteiger partial charge is 0.375 e. The Morgan fingerprint density at radius 1 is 1.45 bits per heavy atom. The average molecular weight is 346 g/mol. The molecule has 3 heterocycles. The smallest absolute Gasteiger partial charge is 0.362 e. The van der Waals surface area contributed by atoms with E-state index in [9.17, 15) is 22.8 Å². The minimum Gasteiger partial charge on any atom is -0.375 e. The highest BCUT2D eigenvalue weighted by atomic mass is 32.2. The number of fused-ring (bicyclic) bond motifs is 1. The number of β-lactam (4-membered cyclic amide) rings is 1. The van der Waals surface area contributed by atoms with Crippen LogP contribution in [0, 0.1) is 0 Å². The van der Waals surface area contributed by atoms with Crippen molar-refractivity contribution in [2.75, 3.05) is 12.3 Å². The van der Waals surface area contributed by atoms with Crippen molar-refractivity contribution >= 4 is 44.4 Å². The Bertz CT molecular complexity index is 787. The van der Waals surface area contributed by atoms with Crippen LogP contribution in [-0.4, -0.2) is 63.4 Å². The highest BCUT2D eigenvalue weighted by Crippen LogP contribution is 2.35. The van der Waals surface area contributed by atoms with E-state index in [1.54, 1.807) is 0 Å². The molecule has 0 aliphatic carbocycles. The summed E-state index contributed by atoms with van der Waals surface area (Å²) < 4.78 is 31.4. The minimum atomic E-state index is -4.65. The Kier molecular flexibility index (Phi) is 3.19. The van der Waals surface area contributed by atoms with Gasteiger partial charge in [-0.05, 0) is 6.42 Å². The molecule has 2 aliphatic rings. The Labute approximate surface area is 128 Å². The molecule has 1 aromatic rings. The van der Waals surface area contributed by atoms with E-state index < -0.39 is 40.0 Å². The molecule has 22 heavy (non-hydrogen) atoms. The number of ketones is 1. The first kappa shape index (κ1) is 14.9. The molecule has 3 rings (SSSR count). The van der Waals surface area contributed by atoms with Crippen LogP contribution in [0.2, 0.25) is 0 Å². The van der Waals surface area contributed by atoms with Crippen LogP contribution in [0.1, 0.15) is 16.9 Å². The van der Waals surface area contributed by atoms with E-state index in [4.69, 9.17) is 10.3 Å². The Morgan fingerprint density at radius 2 is 2.14 bits per heavy atom. The maximum Gasteiger partial charge on any atom is 0.362 e. The molecule has 2 saturated heterocycles. The normalized spacial score (nSPS) is 24.1. The van der Waals surface area contributed by atoms with Gasteiger partial charge in [0.05, 0.1) is 6.04 Å². The van der Waals surface area contributed by atoms with E-state index in [2.05, 4.69) is 4.98 Å². The summed E-state index contributed by atoms with van der Waals surface area (Å²) in [6.07, 6.45) is 0.161. The maximum atomic E-state index is 12.2. The van der Waals surface area contributed by atoms with Crippen molar-refractivity contribution in [2.24, 2.45) is 0 Å². The van der Waals surface area contributed by atoms with Gasteiger partial charge < -0.3 is 10.6 Å². The molecular formula is C10H10N4O6S2. The lowest BCUT2D eigenvalue weighted by molar-refractivity contribution is -0.149. The van der Waals surface area contributed by atoms with Crippen molar-refractivity contribution in [1.29, 1.82) is 0 Å². The van der Waals surface area contributed by atoms with Crippen LogP contribution >= 0.6 is 11.3 Å². The summed E-state index contributed by atoms with van der Waals surface area (Å²) in [5.41, 5.74) is 5.28. The van der Waals surface area contributed by atoms with Crippen LogP contribution in [0.4, 0.5) is 5.13 Å². The van der Waals surface area contributed by atoms with Crippen LogP contribution < -0.4 is 5.73 Å². The van der Waals surface area contributed by atoms with E-state index in [0.717, 1.165) is 16.2 Å². The van der Waals surface area contributed by atoms with Crippen LogP contribution in [0.15, 0.2) is 5.38 Å². The zero-order chi connectivity index (χ0) is 16.2. The highest BCUT2D eigenvalue weighted by Gasteiger charge is 2.60. The molecule has 1 aromatic heterocycles. The predicted octanol–water partition coefficient (Wildman–Crippen LogP) is -1.48. The SMILES string of the molecule is Nc1nc(C(=O)C(=O)N2CC[C@@H]3[C@H]2C(=O)N3S(=O)(=O)O)cs1. The van der Waals surface area contributed by atoms with Gasteiger partial charge in [-0.25, -0.2) is 9.29 Å². The molecule has 0 radical (unpaired) electrons. The summed E-state index contributed by atoms with van der Waals surface area (Å²) in [5.74, 6) is -2.78. The molecule has 0 unspecified atom stereocenters. The van der Waals surface area contributed by atoms with Crippen LogP contribution in [0.3, 0.4) is 0 Å². The number of nitrogens with zero attached hydrogens (tertiary/aromatic N) is 3. The summed E-state index contributed by atoms with van der Waals surface area (Å²) in [5, 5.41) is 1.46. The molecule has 0 saturated carbocycles. The number of amides is 2. The lowest BCUT2D eigenvalue weighted by Gasteiger charge is -2.42. The number of likely N-dealkylation sites (tertiary alicyclic amines) is 1. The number of hydrogen-bond acceptors (Lipinski definition) is 8. The maximum absolute atomic E-state index is 12.2. The summed E-state index contributed by atoms with van der Waals surface area (Å²) in [6.45, 7) is 0.0390. The topological polar surface area (TPSA) is 151 Å². The zero-order valence-corrected chi connectivity index (χ0v) is 12.5. The van der Waals surface area contributed by atoms with Gasteiger partial charge in [-0.3, -0.25) is 18.9 Å². The fourth-order valence-corrected chi connectivity index (χ4v) is 4.12. The molecule has 0 bridgehead atoms. The molecule has 2 amide bonds. The molecule has 10 nitrogen and oxygen atoms in total. The molecule has 0 spiro atoms. The molecule has 2 aliphatic heterocycles. The summed E-state index contributed by atoms with van der Waals surface area (Å²) in [6, 6.07) is -1.88. The molecule has 2 fully saturated rings. The summed E-state index contributed by atoms with van der Waals surface area (Å²) >= 11 is 1.000. The third-order valence-electron chi connectivity index (χ3n) is 3.60. The van der Waals surface area contributed by atoms with Gasteiger partial charge in [0.1, 0.15) is 11.7 Å². The number of nitrogens with two attached hydrogens (primary N) is 1. The minimum absolute atomic E-state index is 0.0390. The average Bonchev–Trinajstić information content (AvgIpc) is 2.99. The van der Waals surface area contributed by atoms with Gasteiger partial charge in [0.15, 0.2) is 5.13 Å². The molecule has 118 valence electrons. The molecule has 12 heteroatoms. The first-order valence-electron chi connectivity index (χ1n) is 6.09. The first-order chi connectivity index (χ1) is 10.2. The van der Waals surface area contributed by atoms with Gasteiger partial charge in [-0.15, -0.1) is 11.3 Å².